The van der Waals surface area contributed by atoms with Crippen molar-refractivity contribution in [1.82, 2.24) is 5.43 Å². The Hall–Kier alpha value is -0.820. The Bertz CT molecular complexity index is 382. The molecule has 1 atom stereocenters. The van der Waals surface area contributed by atoms with Crippen LogP contribution < -0.4 is 11.3 Å². The smallest absolute Gasteiger partial charge is 0.0463 e. The van der Waals surface area contributed by atoms with Gasteiger partial charge in [-0.2, -0.15) is 0 Å². The Kier molecular flexibility index (Phi) is 5.54. The van der Waals surface area contributed by atoms with Crippen LogP contribution in [0.1, 0.15) is 36.4 Å². The highest BCUT2D eigenvalue weighted by Crippen LogP contribution is 2.25. The molecule has 1 aromatic carbocycles. The summed E-state index contributed by atoms with van der Waals surface area (Å²) in [6.45, 7) is 2.09. The molecular weight excluding hydrogens is 264 g/mol. The molecule has 0 bridgehead atoms. The van der Waals surface area contributed by atoms with Gasteiger partial charge in [0, 0.05) is 16.9 Å². The molecule has 1 rings (SSSR count). The minimum Gasteiger partial charge on any atom is -0.271 e. The van der Waals surface area contributed by atoms with Crippen molar-refractivity contribution in [2.75, 3.05) is 0 Å². The van der Waals surface area contributed by atoms with Gasteiger partial charge in [0.25, 0.3) is 0 Å². The fraction of sp³-hybridized carbons (Fsp3) is 0.385. The number of hydrogen-bond donors (Lipinski definition) is 2. The number of rotatable bonds is 5. The zero-order chi connectivity index (χ0) is 12.0. The topological polar surface area (TPSA) is 38.0 Å². The third kappa shape index (κ3) is 3.64. The van der Waals surface area contributed by atoms with Gasteiger partial charge in [0.05, 0.1) is 0 Å². The molecule has 0 aromatic heterocycles. The third-order valence-corrected chi connectivity index (χ3v) is 3.13. The number of unbranched alkanes of at least 4 members (excludes halogenated alkanes) is 1. The number of hydrazine groups is 1. The Morgan fingerprint density at radius 2 is 2.31 bits per heavy atom. The van der Waals surface area contributed by atoms with Gasteiger partial charge in [-0.1, -0.05) is 22.0 Å². The average molecular weight is 281 g/mol. The van der Waals surface area contributed by atoms with Crippen LogP contribution in [0.4, 0.5) is 0 Å². The summed E-state index contributed by atoms with van der Waals surface area (Å²) in [6.07, 6.45) is 7.98. The van der Waals surface area contributed by atoms with Crippen molar-refractivity contribution in [3.05, 3.63) is 33.8 Å². The Labute approximate surface area is 106 Å². The molecule has 0 amide bonds. The van der Waals surface area contributed by atoms with Crippen LogP contribution >= 0.6 is 15.9 Å². The number of aryl methyl sites for hydroxylation is 1. The lowest BCUT2D eigenvalue weighted by atomic mass is 9.97. The SMILES string of the molecule is C#CCCCC(NN)c1cc(Br)ccc1C. The van der Waals surface area contributed by atoms with Crippen LogP contribution in [0.5, 0.6) is 0 Å². The lowest BCUT2D eigenvalue weighted by molar-refractivity contribution is 0.500. The third-order valence-electron chi connectivity index (χ3n) is 2.63. The van der Waals surface area contributed by atoms with Crippen molar-refractivity contribution >= 4 is 15.9 Å². The predicted octanol–water partition coefficient (Wildman–Crippen LogP) is 3.07. The summed E-state index contributed by atoms with van der Waals surface area (Å²) in [5, 5.41) is 0. The number of benzene rings is 1. The van der Waals surface area contributed by atoms with E-state index in [4.69, 9.17) is 12.3 Å². The van der Waals surface area contributed by atoms with E-state index >= 15 is 0 Å². The quantitative estimate of drug-likeness (QED) is 0.377. The molecule has 3 N–H and O–H groups in total. The Morgan fingerprint density at radius 3 is 2.94 bits per heavy atom. The highest BCUT2D eigenvalue weighted by molar-refractivity contribution is 9.10. The molecule has 0 heterocycles. The van der Waals surface area contributed by atoms with Crippen LogP contribution in [0.2, 0.25) is 0 Å². The first kappa shape index (κ1) is 13.2. The molecule has 86 valence electrons. The number of nitrogens with two attached hydrogens (primary N) is 1. The van der Waals surface area contributed by atoms with Gasteiger partial charge in [-0.3, -0.25) is 11.3 Å². The lowest BCUT2D eigenvalue weighted by Gasteiger charge is -2.18. The first-order valence-electron chi connectivity index (χ1n) is 5.34. The summed E-state index contributed by atoms with van der Waals surface area (Å²) in [6, 6.07) is 6.40. The zero-order valence-corrected chi connectivity index (χ0v) is 11.0. The standard InChI is InChI=1S/C13H17BrN2/c1-3-4-5-6-13(16-15)12-9-11(14)8-7-10(12)2/h1,7-9,13,16H,4-6,15H2,2H3. The summed E-state index contributed by atoms with van der Waals surface area (Å²) in [5.74, 6) is 8.24. The Morgan fingerprint density at radius 1 is 1.56 bits per heavy atom. The second-order valence-corrected chi connectivity index (χ2v) is 4.73. The molecule has 1 aromatic rings. The van der Waals surface area contributed by atoms with Gasteiger partial charge in [0.1, 0.15) is 0 Å². The van der Waals surface area contributed by atoms with Gasteiger partial charge in [0.2, 0.25) is 0 Å². The highest BCUT2D eigenvalue weighted by Gasteiger charge is 2.11. The van der Waals surface area contributed by atoms with Crippen LogP contribution in [-0.4, -0.2) is 0 Å². The highest BCUT2D eigenvalue weighted by atomic mass is 79.9. The number of halogens is 1. The van der Waals surface area contributed by atoms with E-state index in [0.717, 1.165) is 23.7 Å². The number of nitrogens with one attached hydrogen (secondary N) is 1. The number of hydrogen-bond acceptors (Lipinski definition) is 2. The van der Waals surface area contributed by atoms with E-state index < -0.39 is 0 Å². The maximum Gasteiger partial charge on any atom is 0.0463 e. The van der Waals surface area contributed by atoms with E-state index in [9.17, 15) is 0 Å². The minimum absolute atomic E-state index is 0.172. The second kappa shape index (κ2) is 6.70. The first-order chi connectivity index (χ1) is 7.69. The van der Waals surface area contributed by atoms with Crippen LogP contribution in [0.25, 0.3) is 0 Å². The maximum atomic E-state index is 5.59. The molecule has 0 radical (unpaired) electrons. The van der Waals surface area contributed by atoms with Gasteiger partial charge in [-0.25, -0.2) is 0 Å². The molecular formula is C13H17BrN2. The first-order valence-corrected chi connectivity index (χ1v) is 6.14. The fourth-order valence-corrected chi connectivity index (χ4v) is 2.10. The van der Waals surface area contributed by atoms with Crippen LogP contribution in [0, 0.1) is 19.3 Å². The van der Waals surface area contributed by atoms with E-state index in [1.54, 1.807) is 0 Å². The molecule has 0 spiro atoms. The monoisotopic (exact) mass is 280 g/mol. The largest absolute Gasteiger partial charge is 0.271 e. The van der Waals surface area contributed by atoms with Crippen LogP contribution in [0.3, 0.4) is 0 Å². The van der Waals surface area contributed by atoms with Crippen molar-refractivity contribution in [2.24, 2.45) is 5.84 Å². The van der Waals surface area contributed by atoms with Crippen molar-refractivity contribution < 1.29 is 0 Å². The fourth-order valence-electron chi connectivity index (χ4n) is 1.72. The van der Waals surface area contributed by atoms with Crippen LogP contribution in [-0.2, 0) is 0 Å². The number of terminal acetylenes is 1. The molecule has 0 fully saturated rings. The zero-order valence-electron chi connectivity index (χ0n) is 9.46. The molecule has 0 saturated carbocycles. The van der Waals surface area contributed by atoms with Crippen molar-refractivity contribution in [3.8, 4) is 12.3 Å². The average Bonchev–Trinajstić information content (AvgIpc) is 2.28. The summed E-state index contributed by atoms with van der Waals surface area (Å²) in [4.78, 5) is 0. The molecule has 0 aliphatic heterocycles. The van der Waals surface area contributed by atoms with Crippen LogP contribution in [0.15, 0.2) is 22.7 Å². The van der Waals surface area contributed by atoms with Crippen molar-refractivity contribution in [3.63, 3.8) is 0 Å². The molecule has 1 unspecified atom stereocenters. The lowest BCUT2D eigenvalue weighted by Crippen LogP contribution is -2.28. The Balaban J connectivity index is 2.78. The van der Waals surface area contributed by atoms with E-state index in [-0.39, 0.29) is 6.04 Å². The van der Waals surface area contributed by atoms with E-state index in [1.165, 1.54) is 11.1 Å². The molecule has 2 nitrogen and oxygen atoms in total. The van der Waals surface area contributed by atoms with Crippen molar-refractivity contribution in [1.29, 1.82) is 0 Å². The van der Waals surface area contributed by atoms with Gasteiger partial charge < -0.3 is 0 Å². The predicted molar refractivity (Wildman–Crippen MR) is 71.6 cm³/mol. The molecule has 0 aliphatic rings. The van der Waals surface area contributed by atoms with E-state index in [2.05, 4.69) is 46.3 Å². The van der Waals surface area contributed by atoms with Gasteiger partial charge >= 0.3 is 0 Å². The van der Waals surface area contributed by atoms with Gasteiger partial charge in [-0.15, -0.1) is 12.3 Å². The molecule has 3 heteroatoms. The molecule has 0 aliphatic carbocycles. The summed E-state index contributed by atoms with van der Waals surface area (Å²) in [7, 11) is 0. The van der Waals surface area contributed by atoms with Gasteiger partial charge in [0.15, 0.2) is 0 Å². The van der Waals surface area contributed by atoms with E-state index in [1.807, 2.05) is 6.07 Å². The summed E-state index contributed by atoms with van der Waals surface area (Å²) >= 11 is 3.47. The summed E-state index contributed by atoms with van der Waals surface area (Å²) in [5.41, 5.74) is 5.33. The minimum atomic E-state index is 0.172. The van der Waals surface area contributed by atoms with E-state index in [0.29, 0.717) is 0 Å². The van der Waals surface area contributed by atoms with Crippen molar-refractivity contribution in [2.45, 2.75) is 32.2 Å². The molecule has 0 saturated heterocycles. The molecule has 16 heavy (non-hydrogen) atoms. The van der Waals surface area contributed by atoms with Gasteiger partial charge in [-0.05, 0) is 43.0 Å². The normalized spacial score (nSPS) is 12.1. The summed E-state index contributed by atoms with van der Waals surface area (Å²) < 4.78 is 1.07. The second-order valence-electron chi connectivity index (χ2n) is 3.82. The maximum absolute atomic E-state index is 5.59.